The lowest BCUT2D eigenvalue weighted by Gasteiger charge is -2.05. The maximum atomic E-state index is 11.4. The van der Waals surface area contributed by atoms with E-state index in [1.54, 1.807) is 31.2 Å². The Bertz CT molecular complexity index is 451. The lowest BCUT2D eigenvalue weighted by atomic mass is 10.3. The van der Waals surface area contributed by atoms with Crippen molar-refractivity contribution in [2.24, 2.45) is 0 Å². The van der Waals surface area contributed by atoms with Crippen LogP contribution >= 0.6 is 15.9 Å². The molecular formula is C13H13BrO4. The Kier molecular flexibility index (Phi) is 5.58. The summed E-state index contributed by atoms with van der Waals surface area (Å²) in [4.78, 5) is 22.4. The topological polar surface area (TPSA) is 52.6 Å². The second-order valence-electron chi connectivity index (χ2n) is 3.59. The summed E-state index contributed by atoms with van der Waals surface area (Å²) in [5.74, 6) is -0.507. The second kappa shape index (κ2) is 6.96. The van der Waals surface area contributed by atoms with Crippen molar-refractivity contribution >= 4 is 27.9 Å². The Hall–Kier alpha value is -1.62. The zero-order chi connectivity index (χ0) is 13.5. The molecule has 96 valence electrons. The first-order valence-corrected chi connectivity index (χ1v) is 6.07. The van der Waals surface area contributed by atoms with E-state index in [0.717, 1.165) is 4.47 Å². The molecule has 0 aliphatic rings. The molecule has 0 aliphatic heterocycles. The molecule has 5 heteroatoms. The number of benzene rings is 1. The predicted molar refractivity (Wildman–Crippen MR) is 70.2 cm³/mol. The molecule has 1 aromatic carbocycles. The average molecular weight is 313 g/mol. The van der Waals surface area contributed by atoms with Gasteiger partial charge < -0.3 is 9.47 Å². The third kappa shape index (κ3) is 5.14. The first-order valence-electron chi connectivity index (χ1n) is 5.28. The highest BCUT2D eigenvalue weighted by Crippen LogP contribution is 2.16. The van der Waals surface area contributed by atoms with Gasteiger partial charge in [0.2, 0.25) is 0 Å². The van der Waals surface area contributed by atoms with E-state index in [4.69, 9.17) is 9.47 Å². The zero-order valence-corrected chi connectivity index (χ0v) is 11.5. The molecule has 0 amide bonds. The van der Waals surface area contributed by atoms with Crippen molar-refractivity contribution in [2.45, 2.75) is 13.3 Å². The number of rotatable bonds is 5. The summed E-state index contributed by atoms with van der Waals surface area (Å²) in [5.41, 5.74) is 0.302. The van der Waals surface area contributed by atoms with Crippen molar-refractivity contribution in [3.05, 3.63) is 40.9 Å². The average Bonchev–Trinajstić information content (AvgIpc) is 2.32. The number of hydrogen-bond acceptors (Lipinski definition) is 4. The Balaban J connectivity index is 2.32. The fourth-order valence-electron chi connectivity index (χ4n) is 1.04. The molecule has 4 nitrogen and oxygen atoms in total. The van der Waals surface area contributed by atoms with Crippen molar-refractivity contribution in [2.75, 3.05) is 6.61 Å². The van der Waals surface area contributed by atoms with E-state index >= 15 is 0 Å². The number of halogens is 1. The van der Waals surface area contributed by atoms with Gasteiger partial charge >= 0.3 is 11.9 Å². The SMILES string of the molecule is C=C(C)C(=O)OCCC(=O)Oc1ccc(Br)cc1. The fourth-order valence-corrected chi connectivity index (χ4v) is 1.30. The fraction of sp³-hybridized carbons (Fsp3) is 0.231. The maximum absolute atomic E-state index is 11.4. The van der Waals surface area contributed by atoms with Crippen molar-refractivity contribution in [1.29, 1.82) is 0 Å². The number of ether oxygens (including phenoxy) is 2. The molecule has 0 bridgehead atoms. The quantitative estimate of drug-likeness (QED) is 0.476. The van der Waals surface area contributed by atoms with Crippen molar-refractivity contribution in [3.8, 4) is 5.75 Å². The molecule has 0 fully saturated rings. The standard InChI is InChI=1S/C13H13BrO4/c1-9(2)13(16)17-8-7-12(15)18-11-5-3-10(14)4-6-11/h3-6H,1,7-8H2,2H3. The third-order valence-corrected chi connectivity index (χ3v) is 2.46. The number of carbonyl (C=O) groups is 2. The number of hydrogen-bond donors (Lipinski definition) is 0. The van der Waals surface area contributed by atoms with Crippen LogP contribution in [-0.4, -0.2) is 18.5 Å². The minimum atomic E-state index is -0.508. The van der Waals surface area contributed by atoms with E-state index in [2.05, 4.69) is 22.5 Å². The van der Waals surface area contributed by atoms with Crippen LogP contribution < -0.4 is 4.74 Å². The third-order valence-electron chi connectivity index (χ3n) is 1.93. The predicted octanol–water partition coefficient (Wildman–Crippen LogP) is 2.86. The summed E-state index contributed by atoms with van der Waals surface area (Å²) in [6.45, 7) is 4.96. The minimum absolute atomic E-state index is 0.00901. The molecule has 0 saturated heterocycles. The van der Waals surface area contributed by atoms with Crippen LogP contribution in [0, 0.1) is 0 Å². The highest BCUT2D eigenvalue weighted by atomic mass is 79.9. The van der Waals surface area contributed by atoms with Gasteiger partial charge in [-0.1, -0.05) is 22.5 Å². The summed E-state index contributed by atoms with van der Waals surface area (Å²) in [7, 11) is 0. The van der Waals surface area contributed by atoms with Gasteiger partial charge in [0.1, 0.15) is 12.4 Å². The second-order valence-corrected chi connectivity index (χ2v) is 4.51. The van der Waals surface area contributed by atoms with E-state index in [-0.39, 0.29) is 13.0 Å². The summed E-state index contributed by atoms with van der Waals surface area (Å²) < 4.78 is 10.7. The van der Waals surface area contributed by atoms with Crippen molar-refractivity contribution < 1.29 is 19.1 Å². The molecule has 0 radical (unpaired) electrons. The van der Waals surface area contributed by atoms with Gasteiger partial charge in [-0.15, -0.1) is 0 Å². The molecule has 0 unspecified atom stereocenters. The molecule has 1 aromatic rings. The molecular weight excluding hydrogens is 300 g/mol. The molecule has 1 rings (SSSR count). The molecule has 0 aliphatic carbocycles. The van der Waals surface area contributed by atoms with E-state index in [1.807, 2.05) is 0 Å². The Morgan fingerprint density at radius 1 is 1.28 bits per heavy atom. The molecule has 0 atom stereocenters. The van der Waals surface area contributed by atoms with E-state index in [0.29, 0.717) is 11.3 Å². The van der Waals surface area contributed by atoms with Gasteiger partial charge in [0.15, 0.2) is 0 Å². The monoisotopic (exact) mass is 312 g/mol. The summed E-state index contributed by atoms with van der Waals surface area (Å²) in [6.07, 6.45) is 0.00901. The van der Waals surface area contributed by atoms with Crippen molar-refractivity contribution in [3.63, 3.8) is 0 Å². The van der Waals surface area contributed by atoms with Gasteiger partial charge in [0.05, 0.1) is 6.42 Å². The van der Waals surface area contributed by atoms with E-state index in [9.17, 15) is 9.59 Å². The summed E-state index contributed by atoms with van der Waals surface area (Å²) in [5, 5.41) is 0. The molecule has 0 spiro atoms. The van der Waals surface area contributed by atoms with E-state index in [1.165, 1.54) is 0 Å². The molecule has 0 heterocycles. The van der Waals surface area contributed by atoms with Crippen molar-refractivity contribution in [1.82, 2.24) is 0 Å². The van der Waals surface area contributed by atoms with Crippen LogP contribution in [0.2, 0.25) is 0 Å². The minimum Gasteiger partial charge on any atom is -0.462 e. The van der Waals surface area contributed by atoms with Gasteiger partial charge in [0, 0.05) is 10.0 Å². The maximum Gasteiger partial charge on any atom is 0.333 e. The number of carbonyl (C=O) groups excluding carboxylic acids is 2. The van der Waals surface area contributed by atoms with Crippen LogP contribution in [0.4, 0.5) is 0 Å². The van der Waals surface area contributed by atoms with Gasteiger partial charge in [-0.3, -0.25) is 4.79 Å². The van der Waals surface area contributed by atoms with Crippen LogP contribution in [-0.2, 0) is 14.3 Å². The highest BCUT2D eigenvalue weighted by molar-refractivity contribution is 9.10. The molecule has 18 heavy (non-hydrogen) atoms. The van der Waals surface area contributed by atoms with Gasteiger partial charge in [-0.05, 0) is 31.2 Å². The first-order chi connectivity index (χ1) is 8.49. The van der Waals surface area contributed by atoms with Crippen LogP contribution in [0.5, 0.6) is 5.75 Å². The lowest BCUT2D eigenvalue weighted by Crippen LogP contribution is -2.14. The summed E-state index contributed by atoms with van der Waals surface area (Å²) >= 11 is 3.28. The molecule has 0 aromatic heterocycles. The summed E-state index contributed by atoms with van der Waals surface area (Å²) in [6, 6.07) is 6.87. The van der Waals surface area contributed by atoms with Gasteiger partial charge in [-0.2, -0.15) is 0 Å². The van der Waals surface area contributed by atoms with Crippen LogP contribution in [0.25, 0.3) is 0 Å². The Labute approximate surface area is 114 Å². The first kappa shape index (κ1) is 14.4. The lowest BCUT2D eigenvalue weighted by molar-refractivity contribution is -0.142. The largest absolute Gasteiger partial charge is 0.462 e. The highest BCUT2D eigenvalue weighted by Gasteiger charge is 2.08. The normalized spacial score (nSPS) is 9.67. The van der Waals surface area contributed by atoms with Crippen LogP contribution in [0.15, 0.2) is 40.9 Å². The Morgan fingerprint density at radius 2 is 1.89 bits per heavy atom. The smallest absolute Gasteiger partial charge is 0.333 e. The van der Waals surface area contributed by atoms with Gasteiger partial charge in [-0.25, -0.2) is 4.79 Å². The Morgan fingerprint density at radius 3 is 2.44 bits per heavy atom. The molecule has 0 saturated carbocycles. The van der Waals surface area contributed by atoms with Crippen LogP contribution in [0.1, 0.15) is 13.3 Å². The molecule has 0 N–H and O–H groups in total. The van der Waals surface area contributed by atoms with Gasteiger partial charge in [0.25, 0.3) is 0 Å². The van der Waals surface area contributed by atoms with E-state index < -0.39 is 11.9 Å². The zero-order valence-electron chi connectivity index (χ0n) is 9.94. The number of esters is 2. The van der Waals surface area contributed by atoms with Crippen LogP contribution in [0.3, 0.4) is 0 Å².